The smallest absolute Gasteiger partial charge is 0.305 e. The number of carbonyl (C=O) groups is 1. The van der Waals surface area contributed by atoms with Crippen LogP contribution in [0.15, 0.2) is 0 Å². The monoisotopic (exact) mass is 218 g/mol. The zero-order chi connectivity index (χ0) is 11.0. The summed E-state index contributed by atoms with van der Waals surface area (Å²) < 4.78 is 10.8. The lowest BCUT2D eigenvalue weighted by molar-refractivity contribution is -0.146. The molecule has 0 radical (unpaired) electrons. The highest BCUT2D eigenvalue weighted by Crippen LogP contribution is 2.02. The maximum Gasteiger partial charge on any atom is 0.305 e. The molecule has 0 amide bonds. The quantitative estimate of drug-likeness (QED) is 0.481. The van der Waals surface area contributed by atoms with Crippen LogP contribution in [0.1, 0.15) is 47.0 Å². The van der Waals surface area contributed by atoms with E-state index in [0.717, 1.165) is 12.8 Å². The van der Waals surface area contributed by atoms with Crippen molar-refractivity contribution in [1.29, 1.82) is 0 Å². The van der Waals surface area contributed by atoms with Crippen molar-refractivity contribution in [1.82, 2.24) is 0 Å². The van der Waals surface area contributed by atoms with Crippen LogP contribution in [0, 0.1) is 0 Å². The molecule has 0 aliphatic heterocycles. The third-order valence-corrected chi connectivity index (χ3v) is 3.80. The van der Waals surface area contributed by atoms with Crippen molar-refractivity contribution in [3.63, 3.8) is 0 Å². The lowest BCUT2D eigenvalue weighted by Gasteiger charge is -2.17. The molecule has 0 rings (SSSR count). The number of rotatable bonds is 7. The van der Waals surface area contributed by atoms with Crippen LogP contribution in [0.2, 0.25) is 0 Å². The zero-order valence-corrected chi connectivity index (χ0v) is 11.1. The van der Waals surface area contributed by atoms with E-state index in [9.17, 15) is 4.79 Å². The first-order chi connectivity index (χ1) is 6.60. The van der Waals surface area contributed by atoms with Gasteiger partial charge in [0.25, 0.3) is 0 Å². The molecule has 14 heavy (non-hydrogen) atoms. The molecular weight excluding hydrogens is 196 g/mol. The maximum absolute atomic E-state index is 11.2. The second-order valence-electron chi connectivity index (χ2n) is 3.65. The Morgan fingerprint density at radius 3 is 2.43 bits per heavy atom. The summed E-state index contributed by atoms with van der Waals surface area (Å²) in [7, 11) is -0.725. The molecular formula is C10H22O3Si. The van der Waals surface area contributed by atoms with Gasteiger partial charge in [0, 0.05) is 12.5 Å². The standard InChI is InChI=1S/C10H22O3Si/c1-5-7-9(11)12-10(6-2)14-13-8(3)4/h8,10H,5-7,14H2,1-4H3. The molecule has 0 saturated carbocycles. The Balaban J connectivity index is 3.72. The molecule has 0 bridgehead atoms. The number of hydrogen-bond acceptors (Lipinski definition) is 3. The van der Waals surface area contributed by atoms with Gasteiger partial charge in [-0.1, -0.05) is 13.8 Å². The minimum Gasteiger partial charge on any atom is -0.464 e. The molecule has 84 valence electrons. The van der Waals surface area contributed by atoms with Crippen molar-refractivity contribution in [2.75, 3.05) is 0 Å². The molecule has 0 aromatic heterocycles. The average molecular weight is 218 g/mol. The third-order valence-electron chi connectivity index (χ3n) is 1.82. The largest absolute Gasteiger partial charge is 0.464 e. The summed E-state index contributed by atoms with van der Waals surface area (Å²) in [4.78, 5) is 11.2. The van der Waals surface area contributed by atoms with E-state index < -0.39 is 9.76 Å². The van der Waals surface area contributed by atoms with E-state index in [4.69, 9.17) is 9.16 Å². The Morgan fingerprint density at radius 2 is 2.00 bits per heavy atom. The lowest BCUT2D eigenvalue weighted by Crippen LogP contribution is -2.27. The van der Waals surface area contributed by atoms with E-state index >= 15 is 0 Å². The Labute approximate surface area is 89.1 Å². The predicted octanol–water partition coefficient (Wildman–Crippen LogP) is 1.57. The normalized spacial score (nSPS) is 13.8. The molecule has 0 N–H and O–H groups in total. The van der Waals surface area contributed by atoms with Crippen LogP contribution in [-0.2, 0) is 14.0 Å². The van der Waals surface area contributed by atoms with Crippen LogP contribution in [0.3, 0.4) is 0 Å². The molecule has 0 aliphatic carbocycles. The van der Waals surface area contributed by atoms with Gasteiger partial charge in [0.05, 0.1) is 0 Å². The minimum atomic E-state index is -0.725. The van der Waals surface area contributed by atoms with Gasteiger partial charge in [-0.3, -0.25) is 4.79 Å². The van der Waals surface area contributed by atoms with Gasteiger partial charge < -0.3 is 9.16 Å². The van der Waals surface area contributed by atoms with Crippen molar-refractivity contribution in [2.45, 2.75) is 58.8 Å². The first-order valence-electron chi connectivity index (χ1n) is 5.41. The molecule has 0 spiro atoms. The minimum absolute atomic E-state index is 0.0523. The van der Waals surface area contributed by atoms with Gasteiger partial charge in [0.1, 0.15) is 5.73 Å². The van der Waals surface area contributed by atoms with Gasteiger partial charge in [-0.05, 0) is 26.7 Å². The van der Waals surface area contributed by atoms with Crippen LogP contribution in [0.5, 0.6) is 0 Å². The molecule has 0 saturated heterocycles. The predicted molar refractivity (Wildman–Crippen MR) is 59.8 cm³/mol. The highest BCUT2D eigenvalue weighted by Gasteiger charge is 2.13. The number of esters is 1. The van der Waals surface area contributed by atoms with Crippen LogP contribution < -0.4 is 0 Å². The van der Waals surface area contributed by atoms with Crippen LogP contribution in [0.4, 0.5) is 0 Å². The fraction of sp³-hybridized carbons (Fsp3) is 0.900. The van der Waals surface area contributed by atoms with Gasteiger partial charge in [-0.25, -0.2) is 0 Å². The van der Waals surface area contributed by atoms with Gasteiger partial charge in [-0.15, -0.1) is 0 Å². The zero-order valence-electron chi connectivity index (χ0n) is 9.71. The second kappa shape index (κ2) is 8.00. The van der Waals surface area contributed by atoms with E-state index in [1.807, 2.05) is 27.7 Å². The molecule has 0 fully saturated rings. The van der Waals surface area contributed by atoms with Gasteiger partial charge in [-0.2, -0.15) is 0 Å². The molecule has 0 aliphatic rings. The second-order valence-corrected chi connectivity index (χ2v) is 5.23. The molecule has 0 aromatic carbocycles. The number of hydrogen-bond donors (Lipinski definition) is 0. The molecule has 1 atom stereocenters. The molecule has 0 aromatic rings. The summed E-state index contributed by atoms with van der Waals surface area (Å²) in [5.41, 5.74) is 0.0523. The SMILES string of the molecule is CCCC(=O)OC(CC)[SiH2]OC(C)C. The summed E-state index contributed by atoms with van der Waals surface area (Å²) in [5.74, 6) is -0.0841. The van der Waals surface area contributed by atoms with Gasteiger partial charge in [0.2, 0.25) is 9.76 Å². The Hall–Kier alpha value is -0.353. The molecule has 4 heteroatoms. The maximum atomic E-state index is 11.2. The molecule has 1 unspecified atom stereocenters. The van der Waals surface area contributed by atoms with E-state index in [2.05, 4.69) is 0 Å². The summed E-state index contributed by atoms with van der Waals surface area (Å²) in [6.45, 7) is 8.02. The average Bonchev–Trinajstić information content (AvgIpc) is 2.12. The van der Waals surface area contributed by atoms with Crippen LogP contribution in [0.25, 0.3) is 0 Å². The third kappa shape index (κ3) is 7.09. The molecule has 0 heterocycles. The van der Waals surface area contributed by atoms with E-state index in [-0.39, 0.29) is 17.8 Å². The van der Waals surface area contributed by atoms with Gasteiger partial charge in [0.15, 0.2) is 0 Å². The fourth-order valence-corrected chi connectivity index (χ4v) is 2.07. The van der Waals surface area contributed by atoms with Crippen molar-refractivity contribution >= 4 is 15.7 Å². The van der Waals surface area contributed by atoms with Crippen LogP contribution in [-0.4, -0.2) is 27.6 Å². The number of ether oxygens (including phenoxy) is 1. The Kier molecular flexibility index (Phi) is 7.80. The van der Waals surface area contributed by atoms with E-state index in [1.165, 1.54) is 0 Å². The van der Waals surface area contributed by atoms with Crippen molar-refractivity contribution in [2.24, 2.45) is 0 Å². The summed E-state index contributed by atoms with van der Waals surface area (Å²) >= 11 is 0. The lowest BCUT2D eigenvalue weighted by atomic mass is 10.3. The Bertz CT molecular complexity index is 159. The van der Waals surface area contributed by atoms with Crippen molar-refractivity contribution in [3.8, 4) is 0 Å². The van der Waals surface area contributed by atoms with Crippen molar-refractivity contribution < 1.29 is 14.0 Å². The highest BCUT2D eigenvalue weighted by atomic mass is 28.2. The van der Waals surface area contributed by atoms with Crippen molar-refractivity contribution in [3.05, 3.63) is 0 Å². The first-order valence-corrected chi connectivity index (χ1v) is 6.80. The summed E-state index contributed by atoms with van der Waals surface area (Å²) in [6.07, 6.45) is 2.49. The number of carbonyl (C=O) groups excluding carboxylic acids is 1. The van der Waals surface area contributed by atoms with Gasteiger partial charge >= 0.3 is 5.97 Å². The highest BCUT2D eigenvalue weighted by molar-refractivity contribution is 6.29. The topological polar surface area (TPSA) is 35.5 Å². The first kappa shape index (κ1) is 13.6. The van der Waals surface area contributed by atoms with E-state index in [1.54, 1.807) is 0 Å². The summed E-state index contributed by atoms with van der Waals surface area (Å²) in [5, 5.41) is 0. The molecule has 3 nitrogen and oxygen atoms in total. The summed E-state index contributed by atoms with van der Waals surface area (Å²) in [6, 6.07) is 0. The van der Waals surface area contributed by atoms with E-state index in [0.29, 0.717) is 6.42 Å². The Morgan fingerprint density at radius 1 is 1.36 bits per heavy atom. The van der Waals surface area contributed by atoms with Crippen LogP contribution >= 0.6 is 0 Å². The fourth-order valence-electron chi connectivity index (χ4n) is 0.984.